The average Bonchev–Trinajstić information content (AvgIpc) is 3.66. The van der Waals surface area contributed by atoms with Gasteiger partial charge in [-0.25, -0.2) is 0 Å². The number of carbonyl (C=O) groups excluding carboxylic acids is 2. The van der Waals surface area contributed by atoms with Crippen LogP contribution in [0.2, 0.25) is 0 Å². The van der Waals surface area contributed by atoms with Gasteiger partial charge in [0.1, 0.15) is 11.5 Å². The van der Waals surface area contributed by atoms with E-state index < -0.39 is 0 Å². The van der Waals surface area contributed by atoms with E-state index in [-0.39, 0.29) is 24.1 Å². The second-order valence-electron chi connectivity index (χ2n) is 9.69. The van der Waals surface area contributed by atoms with Crippen molar-refractivity contribution in [2.75, 3.05) is 31.4 Å². The molecule has 0 spiro atoms. The van der Waals surface area contributed by atoms with Gasteiger partial charge in [0.25, 0.3) is 5.91 Å². The zero-order valence-corrected chi connectivity index (χ0v) is 24.1. The predicted molar refractivity (Wildman–Crippen MR) is 163 cm³/mol. The number of nitrogens with zero attached hydrogens (tertiary/aromatic N) is 4. The highest BCUT2D eigenvalue weighted by molar-refractivity contribution is 7.99. The normalized spacial score (nSPS) is 12.3. The minimum Gasteiger partial charge on any atom is -0.497 e. The molecule has 6 rings (SSSR count). The van der Waals surface area contributed by atoms with Crippen LogP contribution in [0.4, 0.5) is 5.69 Å². The quantitative estimate of drug-likeness (QED) is 0.244. The van der Waals surface area contributed by atoms with Crippen LogP contribution in [0.3, 0.4) is 0 Å². The third-order valence-electron chi connectivity index (χ3n) is 7.28. The van der Waals surface area contributed by atoms with Gasteiger partial charge < -0.3 is 19.7 Å². The Morgan fingerprint density at radius 1 is 0.905 bits per heavy atom. The third kappa shape index (κ3) is 5.28. The molecule has 1 aliphatic heterocycles. The summed E-state index contributed by atoms with van der Waals surface area (Å²) in [6, 6.07) is 26.8. The van der Waals surface area contributed by atoms with Crippen molar-refractivity contribution in [3.63, 3.8) is 0 Å². The number of ether oxygens (including phenoxy) is 2. The summed E-state index contributed by atoms with van der Waals surface area (Å²) in [5.74, 6) is 1.60. The first-order valence-electron chi connectivity index (χ1n) is 13.5. The summed E-state index contributed by atoms with van der Waals surface area (Å²) in [5.41, 5.74) is 3.34. The summed E-state index contributed by atoms with van der Waals surface area (Å²) in [6.45, 7) is 0.754. The first-order chi connectivity index (χ1) is 20.6. The Kier molecular flexibility index (Phi) is 7.78. The van der Waals surface area contributed by atoms with Crippen molar-refractivity contribution in [3.8, 4) is 17.2 Å². The van der Waals surface area contributed by atoms with Crippen molar-refractivity contribution in [1.29, 1.82) is 0 Å². The van der Waals surface area contributed by atoms with E-state index in [1.807, 2.05) is 65.6 Å². The van der Waals surface area contributed by atoms with Crippen molar-refractivity contribution in [1.82, 2.24) is 20.1 Å². The highest BCUT2D eigenvalue weighted by Crippen LogP contribution is 2.33. The molecule has 0 bridgehead atoms. The van der Waals surface area contributed by atoms with Crippen LogP contribution in [0.1, 0.15) is 21.7 Å². The van der Waals surface area contributed by atoms with Gasteiger partial charge in [-0.3, -0.25) is 14.2 Å². The zero-order valence-electron chi connectivity index (χ0n) is 23.2. The van der Waals surface area contributed by atoms with Gasteiger partial charge in [-0.2, -0.15) is 0 Å². The molecular formula is C32H29N5O4S. The second-order valence-corrected chi connectivity index (χ2v) is 10.6. The number of benzene rings is 4. The van der Waals surface area contributed by atoms with Crippen LogP contribution in [-0.2, 0) is 17.8 Å². The Labute approximate surface area is 247 Å². The van der Waals surface area contributed by atoms with Crippen LogP contribution in [-0.4, -0.2) is 53.1 Å². The molecule has 0 radical (unpaired) electrons. The van der Waals surface area contributed by atoms with Gasteiger partial charge in [0.2, 0.25) is 5.91 Å². The van der Waals surface area contributed by atoms with Crippen LogP contribution in [0.15, 0.2) is 90.1 Å². The number of hydrogen-bond acceptors (Lipinski definition) is 7. The lowest BCUT2D eigenvalue weighted by Crippen LogP contribution is -2.30. The highest BCUT2D eigenvalue weighted by atomic mass is 32.2. The molecule has 0 saturated heterocycles. The van der Waals surface area contributed by atoms with Crippen molar-refractivity contribution >= 4 is 40.0 Å². The van der Waals surface area contributed by atoms with Crippen molar-refractivity contribution in [3.05, 3.63) is 102 Å². The number of thioether (sulfide) groups is 1. The zero-order chi connectivity index (χ0) is 29.1. The highest BCUT2D eigenvalue weighted by Gasteiger charge is 2.26. The minimum atomic E-state index is -0.226. The van der Waals surface area contributed by atoms with Crippen LogP contribution in [0.5, 0.6) is 11.5 Å². The molecule has 1 aromatic heterocycles. The SMILES string of the molecule is COc1ccc(OC)c(-n2c(CNC(=O)c3cccc4ccccc34)nnc2SCC(=O)N2CCc3ccccc32)c1. The lowest BCUT2D eigenvalue weighted by atomic mass is 10.0. The average molecular weight is 580 g/mol. The number of aromatic nitrogens is 3. The number of amides is 2. The van der Waals surface area contributed by atoms with E-state index in [9.17, 15) is 9.59 Å². The second kappa shape index (κ2) is 12.0. The molecule has 10 heteroatoms. The Bertz CT molecular complexity index is 1780. The fourth-order valence-corrected chi connectivity index (χ4v) is 6.04. The maximum atomic E-state index is 13.3. The predicted octanol–water partition coefficient (Wildman–Crippen LogP) is 5.05. The fraction of sp³-hybridized carbons (Fsp3) is 0.188. The summed E-state index contributed by atoms with van der Waals surface area (Å²) in [4.78, 5) is 28.4. The van der Waals surface area contributed by atoms with Gasteiger partial charge in [0.15, 0.2) is 11.0 Å². The number of nitrogens with one attached hydrogen (secondary N) is 1. The number of hydrogen-bond donors (Lipinski definition) is 1. The Morgan fingerprint density at radius 3 is 2.57 bits per heavy atom. The number of fused-ring (bicyclic) bond motifs is 2. The molecule has 2 amide bonds. The van der Waals surface area contributed by atoms with Crippen LogP contribution >= 0.6 is 11.8 Å². The number of rotatable bonds is 9. The van der Waals surface area contributed by atoms with Gasteiger partial charge in [-0.15, -0.1) is 10.2 Å². The Morgan fingerprint density at radius 2 is 1.71 bits per heavy atom. The molecule has 1 aliphatic rings. The Balaban J connectivity index is 1.29. The van der Waals surface area contributed by atoms with E-state index in [0.29, 0.717) is 40.3 Å². The molecule has 0 atom stereocenters. The lowest BCUT2D eigenvalue weighted by Gasteiger charge is -2.18. The molecular weight excluding hydrogens is 550 g/mol. The summed E-state index contributed by atoms with van der Waals surface area (Å²) >= 11 is 1.29. The maximum Gasteiger partial charge on any atom is 0.252 e. The number of carbonyl (C=O) groups is 2. The molecule has 0 fully saturated rings. The molecule has 0 saturated carbocycles. The van der Waals surface area contributed by atoms with Crippen LogP contribution in [0.25, 0.3) is 16.5 Å². The smallest absolute Gasteiger partial charge is 0.252 e. The first kappa shape index (κ1) is 27.3. The van der Waals surface area contributed by atoms with Crippen molar-refractivity contribution in [2.24, 2.45) is 0 Å². The van der Waals surface area contributed by atoms with E-state index in [2.05, 4.69) is 21.6 Å². The van der Waals surface area contributed by atoms with E-state index in [4.69, 9.17) is 9.47 Å². The van der Waals surface area contributed by atoms with Crippen molar-refractivity contribution in [2.45, 2.75) is 18.1 Å². The third-order valence-corrected chi connectivity index (χ3v) is 8.20. The summed E-state index contributed by atoms with van der Waals surface area (Å²) in [6.07, 6.45) is 0.838. The topological polar surface area (TPSA) is 98.6 Å². The van der Waals surface area contributed by atoms with Crippen LogP contribution < -0.4 is 19.7 Å². The van der Waals surface area contributed by atoms with E-state index in [1.54, 1.807) is 37.0 Å². The molecule has 2 heterocycles. The van der Waals surface area contributed by atoms with Gasteiger partial charge in [0, 0.05) is 23.9 Å². The van der Waals surface area contributed by atoms with Crippen LogP contribution in [0, 0.1) is 0 Å². The number of para-hydroxylation sites is 1. The molecule has 0 aliphatic carbocycles. The monoisotopic (exact) mass is 579 g/mol. The summed E-state index contributed by atoms with van der Waals surface area (Å²) < 4.78 is 13.0. The molecule has 4 aromatic carbocycles. The van der Waals surface area contributed by atoms with E-state index in [1.165, 1.54) is 17.3 Å². The fourth-order valence-electron chi connectivity index (χ4n) is 5.20. The van der Waals surface area contributed by atoms with Gasteiger partial charge in [0.05, 0.1) is 32.2 Å². The largest absolute Gasteiger partial charge is 0.497 e. The number of methoxy groups -OCH3 is 2. The van der Waals surface area contributed by atoms with E-state index >= 15 is 0 Å². The molecule has 9 nitrogen and oxygen atoms in total. The maximum absolute atomic E-state index is 13.3. The van der Waals surface area contributed by atoms with Gasteiger partial charge in [-0.05, 0) is 47.0 Å². The van der Waals surface area contributed by atoms with Gasteiger partial charge >= 0.3 is 0 Å². The number of anilines is 1. The van der Waals surface area contributed by atoms with Crippen molar-refractivity contribution < 1.29 is 19.1 Å². The van der Waals surface area contributed by atoms with Gasteiger partial charge in [-0.1, -0.05) is 66.4 Å². The first-order valence-corrected chi connectivity index (χ1v) is 14.5. The molecule has 1 N–H and O–H groups in total. The Hall–Kier alpha value is -4.83. The molecule has 42 heavy (non-hydrogen) atoms. The lowest BCUT2D eigenvalue weighted by molar-refractivity contribution is -0.116. The molecule has 0 unspecified atom stereocenters. The minimum absolute atomic E-state index is 0.0112. The molecule has 5 aromatic rings. The van der Waals surface area contributed by atoms with E-state index in [0.717, 1.165) is 22.9 Å². The summed E-state index contributed by atoms with van der Waals surface area (Å²) in [7, 11) is 3.17. The molecule has 212 valence electrons. The standard InChI is InChI=1S/C32H29N5O4S/c1-40-23-14-15-28(41-2)27(18-23)37-29(19-33-31(39)25-12-7-10-21-8-3-5-11-24(21)25)34-35-32(37)42-20-30(38)36-17-16-22-9-4-6-13-26(22)36/h3-15,18H,16-17,19-20H2,1-2H3,(H,33,39). The summed E-state index contributed by atoms with van der Waals surface area (Å²) in [5, 5.41) is 14.2.